The van der Waals surface area contributed by atoms with Gasteiger partial charge in [0, 0.05) is 24.1 Å². The molecule has 0 aliphatic carbocycles. The van der Waals surface area contributed by atoms with Crippen LogP contribution in [0.25, 0.3) is 0 Å². The van der Waals surface area contributed by atoms with E-state index < -0.39 is 11.3 Å². The van der Waals surface area contributed by atoms with Gasteiger partial charge >= 0.3 is 0 Å². The Bertz CT molecular complexity index is 826. The molecule has 0 radical (unpaired) electrons. The number of aromatic nitrogens is 1. The van der Waals surface area contributed by atoms with Crippen molar-refractivity contribution in [3.63, 3.8) is 0 Å². The Kier molecular flexibility index (Phi) is 5.35. The first-order valence-corrected chi connectivity index (χ1v) is 7.49. The van der Waals surface area contributed by atoms with Gasteiger partial charge in [0.25, 0.3) is 5.91 Å². The van der Waals surface area contributed by atoms with Gasteiger partial charge in [-0.15, -0.1) is 0 Å². The van der Waals surface area contributed by atoms with Gasteiger partial charge in [0.15, 0.2) is 0 Å². The lowest BCUT2D eigenvalue weighted by molar-refractivity contribution is -0.121. The van der Waals surface area contributed by atoms with Gasteiger partial charge in [-0.2, -0.15) is 5.26 Å². The van der Waals surface area contributed by atoms with Crippen molar-refractivity contribution in [3.05, 3.63) is 48.3 Å². The van der Waals surface area contributed by atoms with Gasteiger partial charge in [-0.3, -0.25) is 14.6 Å². The Balaban J connectivity index is 2.18. The molecule has 0 unspecified atom stereocenters. The van der Waals surface area contributed by atoms with Gasteiger partial charge < -0.3 is 15.4 Å². The number of amides is 2. The predicted molar refractivity (Wildman–Crippen MR) is 93.2 cm³/mol. The van der Waals surface area contributed by atoms with E-state index in [9.17, 15) is 9.59 Å². The van der Waals surface area contributed by atoms with E-state index >= 15 is 0 Å². The highest BCUT2D eigenvalue weighted by atomic mass is 16.5. The summed E-state index contributed by atoms with van der Waals surface area (Å²) in [6.45, 7) is 3.06. The molecule has 128 valence electrons. The van der Waals surface area contributed by atoms with Gasteiger partial charge in [0.2, 0.25) is 5.91 Å². The van der Waals surface area contributed by atoms with Crippen LogP contribution in [-0.4, -0.2) is 23.9 Å². The van der Waals surface area contributed by atoms with Crippen LogP contribution in [0.4, 0.5) is 11.4 Å². The molecule has 7 heteroatoms. The Hall–Kier alpha value is -3.40. The van der Waals surface area contributed by atoms with Crippen molar-refractivity contribution in [2.45, 2.75) is 13.8 Å². The summed E-state index contributed by atoms with van der Waals surface area (Å²) < 4.78 is 5.27. The first-order valence-electron chi connectivity index (χ1n) is 7.49. The van der Waals surface area contributed by atoms with Gasteiger partial charge in [-0.05, 0) is 38.1 Å². The summed E-state index contributed by atoms with van der Waals surface area (Å²) >= 11 is 0. The van der Waals surface area contributed by atoms with E-state index in [-0.39, 0.29) is 5.91 Å². The van der Waals surface area contributed by atoms with Crippen LogP contribution in [0.3, 0.4) is 0 Å². The van der Waals surface area contributed by atoms with E-state index in [0.29, 0.717) is 22.7 Å². The third-order valence-corrected chi connectivity index (χ3v) is 3.48. The number of anilines is 2. The Labute approximate surface area is 145 Å². The summed E-state index contributed by atoms with van der Waals surface area (Å²) in [7, 11) is 1.46. The molecule has 2 rings (SSSR count). The molecule has 0 spiro atoms. The van der Waals surface area contributed by atoms with Crippen molar-refractivity contribution in [2.75, 3.05) is 17.7 Å². The number of carbonyl (C=O) groups is 2. The molecule has 1 aromatic heterocycles. The highest BCUT2D eigenvalue weighted by Gasteiger charge is 2.27. The first kappa shape index (κ1) is 17.9. The van der Waals surface area contributed by atoms with Crippen molar-refractivity contribution in [1.29, 1.82) is 5.26 Å². The number of pyridine rings is 1. The second-order valence-electron chi connectivity index (χ2n) is 5.80. The minimum Gasteiger partial charge on any atom is -0.494 e. The van der Waals surface area contributed by atoms with Crippen LogP contribution >= 0.6 is 0 Å². The van der Waals surface area contributed by atoms with Crippen LogP contribution in [0.15, 0.2) is 42.7 Å². The molecular formula is C18H18N4O3. The summed E-state index contributed by atoms with van der Waals surface area (Å²) in [5.41, 5.74) is 0.177. The topological polar surface area (TPSA) is 104 Å². The lowest BCUT2D eigenvalue weighted by Gasteiger charge is -2.16. The molecule has 0 aliphatic heterocycles. The zero-order valence-electron chi connectivity index (χ0n) is 14.2. The molecule has 2 aromatic rings. The molecule has 0 atom stereocenters. The quantitative estimate of drug-likeness (QED) is 0.872. The van der Waals surface area contributed by atoms with Crippen LogP contribution in [0.1, 0.15) is 24.2 Å². The number of benzene rings is 1. The number of ether oxygens (including phenoxy) is 1. The minimum atomic E-state index is -1.15. The van der Waals surface area contributed by atoms with Gasteiger partial charge in [0.05, 0.1) is 24.4 Å². The number of methoxy groups -OCH3 is 1. The minimum absolute atomic E-state index is 0.325. The maximum atomic E-state index is 12.2. The van der Waals surface area contributed by atoms with Crippen molar-refractivity contribution in [2.24, 2.45) is 5.41 Å². The largest absolute Gasteiger partial charge is 0.494 e. The Morgan fingerprint density at radius 1 is 1.24 bits per heavy atom. The molecule has 0 bridgehead atoms. The third-order valence-electron chi connectivity index (χ3n) is 3.48. The standard InChI is InChI=1S/C18H18N4O3/c1-18(2,11-19)17(24)21-13-6-7-14(15(9-13)25-3)22-16(23)12-5-4-8-20-10-12/h4-10H,1-3H3,(H,21,24)(H,22,23). The van der Waals surface area contributed by atoms with Gasteiger partial charge in [0.1, 0.15) is 11.2 Å². The van der Waals surface area contributed by atoms with Crippen LogP contribution in [-0.2, 0) is 4.79 Å². The Morgan fingerprint density at radius 3 is 2.60 bits per heavy atom. The fourth-order valence-corrected chi connectivity index (χ4v) is 1.90. The van der Waals surface area contributed by atoms with Crippen LogP contribution in [0.2, 0.25) is 0 Å². The summed E-state index contributed by atoms with van der Waals surface area (Å²) in [5, 5.41) is 14.4. The highest BCUT2D eigenvalue weighted by Crippen LogP contribution is 2.29. The summed E-state index contributed by atoms with van der Waals surface area (Å²) in [4.78, 5) is 28.2. The van der Waals surface area contributed by atoms with E-state index in [1.165, 1.54) is 27.2 Å². The second-order valence-corrected chi connectivity index (χ2v) is 5.80. The van der Waals surface area contributed by atoms with Crippen molar-refractivity contribution >= 4 is 23.2 Å². The zero-order valence-corrected chi connectivity index (χ0v) is 14.2. The maximum Gasteiger partial charge on any atom is 0.257 e. The van der Waals surface area contributed by atoms with Crippen molar-refractivity contribution < 1.29 is 14.3 Å². The number of hydrogen-bond acceptors (Lipinski definition) is 5. The molecule has 25 heavy (non-hydrogen) atoms. The lowest BCUT2D eigenvalue weighted by Crippen LogP contribution is -2.29. The number of rotatable bonds is 5. The highest BCUT2D eigenvalue weighted by molar-refractivity contribution is 6.05. The maximum absolute atomic E-state index is 12.2. The molecule has 0 saturated carbocycles. The van der Waals surface area contributed by atoms with E-state index in [4.69, 9.17) is 10.00 Å². The van der Waals surface area contributed by atoms with Crippen LogP contribution in [0, 0.1) is 16.7 Å². The molecular weight excluding hydrogens is 320 g/mol. The second kappa shape index (κ2) is 7.45. The molecule has 2 N–H and O–H groups in total. The average Bonchev–Trinajstić information content (AvgIpc) is 2.63. The summed E-state index contributed by atoms with van der Waals surface area (Å²) in [5.74, 6) is -0.372. The molecule has 2 amide bonds. The van der Waals surface area contributed by atoms with Crippen LogP contribution < -0.4 is 15.4 Å². The molecule has 1 heterocycles. The number of hydrogen-bond donors (Lipinski definition) is 2. The average molecular weight is 338 g/mol. The van der Waals surface area contributed by atoms with E-state index in [1.807, 2.05) is 6.07 Å². The molecule has 1 aromatic carbocycles. The van der Waals surface area contributed by atoms with Crippen molar-refractivity contribution in [1.82, 2.24) is 4.98 Å². The SMILES string of the molecule is COc1cc(NC(=O)C(C)(C)C#N)ccc1NC(=O)c1cccnc1. The number of nitrogens with one attached hydrogen (secondary N) is 2. The summed E-state index contributed by atoms with van der Waals surface area (Å²) in [6.07, 6.45) is 3.04. The summed E-state index contributed by atoms with van der Waals surface area (Å²) in [6, 6.07) is 10.1. The molecule has 0 fully saturated rings. The van der Waals surface area contributed by atoms with Crippen molar-refractivity contribution in [3.8, 4) is 11.8 Å². The van der Waals surface area contributed by atoms with Crippen LogP contribution in [0.5, 0.6) is 5.75 Å². The van der Waals surface area contributed by atoms with Gasteiger partial charge in [-0.1, -0.05) is 0 Å². The third kappa shape index (κ3) is 4.32. The lowest BCUT2D eigenvalue weighted by atomic mass is 9.94. The predicted octanol–water partition coefficient (Wildman–Crippen LogP) is 2.83. The zero-order chi connectivity index (χ0) is 18.4. The molecule has 0 aliphatic rings. The Morgan fingerprint density at radius 2 is 2.00 bits per heavy atom. The number of nitriles is 1. The number of carbonyl (C=O) groups excluding carboxylic acids is 2. The molecule has 7 nitrogen and oxygen atoms in total. The molecule has 0 saturated heterocycles. The monoisotopic (exact) mass is 338 g/mol. The fourth-order valence-electron chi connectivity index (χ4n) is 1.90. The van der Waals surface area contributed by atoms with E-state index in [0.717, 1.165) is 0 Å². The fraction of sp³-hybridized carbons (Fsp3) is 0.222. The van der Waals surface area contributed by atoms with E-state index in [2.05, 4.69) is 15.6 Å². The van der Waals surface area contributed by atoms with E-state index in [1.54, 1.807) is 36.5 Å². The normalized spacial score (nSPS) is 10.5. The number of nitrogens with zero attached hydrogens (tertiary/aromatic N) is 2. The van der Waals surface area contributed by atoms with Gasteiger partial charge in [-0.25, -0.2) is 0 Å². The first-order chi connectivity index (χ1) is 11.9. The smallest absolute Gasteiger partial charge is 0.257 e.